The van der Waals surface area contributed by atoms with E-state index in [2.05, 4.69) is 21.4 Å². The van der Waals surface area contributed by atoms with E-state index in [1.165, 1.54) is 0 Å². The predicted octanol–water partition coefficient (Wildman–Crippen LogP) is 3.76. The topological polar surface area (TPSA) is 54.9 Å². The van der Waals surface area contributed by atoms with Gasteiger partial charge in [0.2, 0.25) is 0 Å². The molecular weight excluding hydrogens is 310 g/mol. The van der Waals surface area contributed by atoms with Crippen LogP contribution in [-0.4, -0.2) is 22.4 Å². The third kappa shape index (κ3) is 3.06. The van der Waals surface area contributed by atoms with Crippen LogP contribution < -0.4 is 5.32 Å². The third-order valence-electron chi connectivity index (χ3n) is 4.31. The summed E-state index contributed by atoms with van der Waals surface area (Å²) >= 11 is 0. The second-order valence-electron chi connectivity index (χ2n) is 5.91. The van der Waals surface area contributed by atoms with Crippen LogP contribution in [-0.2, 0) is 6.42 Å². The zero-order valence-corrected chi connectivity index (χ0v) is 13.6. The molecule has 4 aromatic rings. The van der Waals surface area contributed by atoms with E-state index in [4.69, 9.17) is 0 Å². The van der Waals surface area contributed by atoms with Crippen LogP contribution in [0.25, 0.3) is 21.7 Å². The van der Waals surface area contributed by atoms with Gasteiger partial charge in [-0.05, 0) is 23.4 Å². The van der Waals surface area contributed by atoms with Gasteiger partial charge in [-0.25, -0.2) is 0 Å². The Morgan fingerprint density at radius 2 is 1.76 bits per heavy atom. The number of carbonyl (C=O) groups excluding carboxylic acids is 1. The van der Waals surface area contributed by atoms with E-state index >= 15 is 0 Å². The van der Waals surface area contributed by atoms with Gasteiger partial charge >= 0.3 is 0 Å². The lowest BCUT2D eigenvalue weighted by atomic mass is 10.1. The number of rotatable bonds is 4. The first-order valence-corrected chi connectivity index (χ1v) is 8.26. The van der Waals surface area contributed by atoms with Crippen molar-refractivity contribution in [2.75, 3.05) is 6.54 Å². The molecule has 2 aromatic carbocycles. The first kappa shape index (κ1) is 15.3. The van der Waals surface area contributed by atoms with Gasteiger partial charge in [-0.2, -0.15) is 0 Å². The van der Waals surface area contributed by atoms with Crippen molar-refractivity contribution in [3.63, 3.8) is 0 Å². The molecule has 25 heavy (non-hydrogen) atoms. The number of fused-ring (bicyclic) bond motifs is 2. The summed E-state index contributed by atoms with van der Waals surface area (Å²) in [6.07, 6.45) is 5.93. The predicted molar refractivity (Wildman–Crippen MR) is 99.5 cm³/mol. The zero-order valence-electron chi connectivity index (χ0n) is 13.6. The Morgan fingerprint density at radius 1 is 0.920 bits per heavy atom. The summed E-state index contributed by atoms with van der Waals surface area (Å²) in [5.41, 5.74) is 2.73. The number of amides is 1. The fourth-order valence-electron chi connectivity index (χ4n) is 3.07. The van der Waals surface area contributed by atoms with Crippen molar-refractivity contribution in [2.45, 2.75) is 6.42 Å². The second-order valence-corrected chi connectivity index (χ2v) is 5.91. The Balaban J connectivity index is 1.50. The maximum atomic E-state index is 12.5. The molecule has 0 aliphatic rings. The largest absolute Gasteiger partial charge is 0.352 e. The van der Waals surface area contributed by atoms with Gasteiger partial charge in [-0.1, -0.05) is 48.5 Å². The van der Waals surface area contributed by atoms with Gasteiger partial charge in [0, 0.05) is 35.9 Å². The Morgan fingerprint density at radius 3 is 2.72 bits per heavy atom. The molecule has 0 saturated heterocycles. The zero-order chi connectivity index (χ0) is 17.1. The van der Waals surface area contributed by atoms with E-state index in [0.29, 0.717) is 12.1 Å². The van der Waals surface area contributed by atoms with E-state index in [9.17, 15) is 4.79 Å². The first-order valence-electron chi connectivity index (χ1n) is 8.26. The molecule has 4 nitrogen and oxygen atoms in total. The van der Waals surface area contributed by atoms with Gasteiger partial charge in [0.25, 0.3) is 5.91 Å². The Labute approximate surface area is 145 Å². The molecule has 0 spiro atoms. The molecule has 0 radical (unpaired) electrons. The van der Waals surface area contributed by atoms with E-state index < -0.39 is 0 Å². The molecule has 0 bridgehead atoms. The second kappa shape index (κ2) is 6.69. The van der Waals surface area contributed by atoms with Crippen LogP contribution in [0.4, 0.5) is 0 Å². The highest BCUT2D eigenvalue weighted by Crippen LogP contribution is 2.18. The minimum atomic E-state index is -0.0995. The molecule has 2 aromatic heterocycles. The number of hydrogen-bond acceptors (Lipinski definition) is 3. The summed E-state index contributed by atoms with van der Waals surface area (Å²) in [6, 6.07) is 17.9. The van der Waals surface area contributed by atoms with Gasteiger partial charge in [-0.3, -0.25) is 14.8 Å². The van der Waals surface area contributed by atoms with Gasteiger partial charge in [-0.15, -0.1) is 0 Å². The quantitative estimate of drug-likeness (QED) is 0.621. The maximum Gasteiger partial charge on any atom is 0.253 e. The van der Waals surface area contributed by atoms with Crippen molar-refractivity contribution < 1.29 is 4.79 Å². The van der Waals surface area contributed by atoms with E-state index in [-0.39, 0.29) is 5.91 Å². The third-order valence-corrected chi connectivity index (χ3v) is 4.31. The lowest BCUT2D eigenvalue weighted by Gasteiger charge is -2.09. The van der Waals surface area contributed by atoms with Crippen LogP contribution in [0.5, 0.6) is 0 Å². The average molecular weight is 327 g/mol. The van der Waals surface area contributed by atoms with Crippen molar-refractivity contribution in [1.82, 2.24) is 15.3 Å². The highest BCUT2D eigenvalue weighted by atomic mass is 16.1. The molecule has 0 atom stereocenters. The summed E-state index contributed by atoms with van der Waals surface area (Å²) in [7, 11) is 0. The Hall–Kier alpha value is -3.27. The monoisotopic (exact) mass is 327 g/mol. The minimum Gasteiger partial charge on any atom is -0.352 e. The fraction of sp³-hybridized carbons (Fsp3) is 0.0952. The molecule has 1 amide bonds. The molecule has 0 saturated carbocycles. The number of carbonyl (C=O) groups is 1. The molecule has 4 heteroatoms. The number of hydrogen-bond donors (Lipinski definition) is 1. The molecule has 0 aliphatic carbocycles. The molecular formula is C21H17N3O. The number of nitrogens with zero attached hydrogens (tertiary/aromatic N) is 2. The Kier molecular flexibility index (Phi) is 4.09. The number of nitrogens with one attached hydrogen (secondary N) is 1. The van der Waals surface area contributed by atoms with Crippen molar-refractivity contribution >= 4 is 27.6 Å². The first-order chi connectivity index (χ1) is 12.3. The molecule has 0 fully saturated rings. The van der Waals surface area contributed by atoms with Crippen molar-refractivity contribution in [2.24, 2.45) is 0 Å². The van der Waals surface area contributed by atoms with Crippen LogP contribution in [0, 0.1) is 0 Å². The van der Waals surface area contributed by atoms with Crippen LogP contribution in [0.15, 0.2) is 73.2 Å². The van der Waals surface area contributed by atoms with Crippen LogP contribution in [0.2, 0.25) is 0 Å². The SMILES string of the molecule is O=C(NCCc1cccc2cccnc12)c1cncc2ccccc12. The van der Waals surface area contributed by atoms with E-state index in [0.717, 1.165) is 33.7 Å². The van der Waals surface area contributed by atoms with Crippen LogP contribution in [0.1, 0.15) is 15.9 Å². The summed E-state index contributed by atoms with van der Waals surface area (Å²) in [6.45, 7) is 0.553. The highest BCUT2D eigenvalue weighted by molar-refractivity contribution is 6.06. The fourth-order valence-corrected chi connectivity index (χ4v) is 3.07. The molecule has 2 heterocycles. The normalized spacial score (nSPS) is 10.9. The van der Waals surface area contributed by atoms with Gasteiger partial charge in [0.15, 0.2) is 0 Å². The summed E-state index contributed by atoms with van der Waals surface area (Å²) in [5.74, 6) is -0.0995. The molecule has 4 rings (SSSR count). The van der Waals surface area contributed by atoms with Gasteiger partial charge < -0.3 is 5.32 Å². The lowest BCUT2D eigenvalue weighted by Crippen LogP contribution is -2.26. The number of para-hydroxylation sites is 1. The van der Waals surface area contributed by atoms with Gasteiger partial charge in [0.05, 0.1) is 11.1 Å². The number of benzene rings is 2. The van der Waals surface area contributed by atoms with Crippen molar-refractivity contribution in [3.05, 3.63) is 84.3 Å². The van der Waals surface area contributed by atoms with E-state index in [1.54, 1.807) is 18.6 Å². The summed E-state index contributed by atoms with van der Waals surface area (Å²) in [5, 5.41) is 6.00. The average Bonchev–Trinajstić information content (AvgIpc) is 2.67. The summed E-state index contributed by atoms with van der Waals surface area (Å²) < 4.78 is 0. The van der Waals surface area contributed by atoms with Crippen LogP contribution >= 0.6 is 0 Å². The summed E-state index contributed by atoms with van der Waals surface area (Å²) in [4.78, 5) is 21.2. The molecule has 0 aliphatic heterocycles. The van der Waals surface area contributed by atoms with Crippen molar-refractivity contribution in [3.8, 4) is 0 Å². The maximum absolute atomic E-state index is 12.5. The minimum absolute atomic E-state index is 0.0995. The standard InChI is InChI=1S/C21H17N3O/c25-21(19-14-22-13-17-5-1-2-9-18(17)19)24-12-10-16-7-3-6-15-8-4-11-23-20(15)16/h1-9,11,13-14H,10,12H2,(H,24,25). The lowest BCUT2D eigenvalue weighted by molar-refractivity contribution is 0.0955. The number of aromatic nitrogens is 2. The molecule has 122 valence electrons. The molecule has 1 N–H and O–H groups in total. The van der Waals surface area contributed by atoms with Gasteiger partial charge in [0.1, 0.15) is 0 Å². The van der Waals surface area contributed by atoms with E-state index in [1.807, 2.05) is 48.5 Å². The molecule has 0 unspecified atom stereocenters. The van der Waals surface area contributed by atoms with Crippen molar-refractivity contribution in [1.29, 1.82) is 0 Å². The van der Waals surface area contributed by atoms with Crippen LogP contribution in [0.3, 0.4) is 0 Å². The smallest absolute Gasteiger partial charge is 0.253 e. The highest BCUT2D eigenvalue weighted by Gasteiger charge is 2.10. The Bertz CT molecular complexity index is 1050. The number of pyridine rings is 2.